The van der Waals surface area contributed by atoms with Crippen LogP contribution >= 0.6 is 0 Å². The summed E-state index contributed by atoms with van der Waals surface area (Å²) in [6, 6.07) is 77.5. The maximum Gasteiger partial charge on any atom is 0.263 e. The van der Waals surface area contributed by atoms with Gasteiger partial charge in [0.05, 0.1) is 101 Å². The van der Waals surface area contributed by atoms with Gasteiger partial charge in [0.15, 0.2) is 0 Å². The summed E-state index contributed by atoms with van der Waals surface area (Å²) in [4.78, 5) is 127. The second-order valence-corrected chi connectivity index (χ2v) is 34.1. The van der Waals surface area contributed by atoms with Gasteiger partial charge >= 0.3 is 0 Å². The van der Waals surface area contributed by atoms with E-state index in [9.17, 15) is 19.2 Å². The van der Waals surface area contributed by atoms with Crippen LogP contribution in [0.4, 0.5) is 46.0 Å². The number of fused-ring (bicyclic) bond motifs is 4. The standard InChI is InChI=1S/C29H24N6O.3C28H23N7O/c1-18-13-14-31-24(15-18)23-12-8-9-21-16-26(19(2)33-28-25(30-4)17-32-20(3)34-28)35(29(36)27(21)23)22-10-6-5-7-11-22;1-17-13-21(15-31-34-17)23-12-8-9-20-14-25(18(2)32-27-24(29-4)16-30-19(3)33-27)35(28(36)26(20)23)22-10-6-5-7-11-22;1-17-13-23(32-16-31-17)22-12-8-9-20-14-25(18(2)33-27-24(29-4)15-30-19(3)34-27)35(28(36)26(20)22)21-10-6-5-7-11-21;1-17(32-27-24(29-4)16-31-19(3)34-27)25-15-20-9-8-12-22(23-13-14-30-18(2)33-23)26(20)28(36)35(25)21-10-6-5-7-11-21/h5-17,19H,1-3H3,(H,32,33,34);5-16,18H,1-3H3,(H,30,32,33);5-16,18H,1-3H3,(H,30,33,34);5-17H,1-3H3,(H,31,32,34)/t19-;2*18-;17-/m0000/s1. The molecular weight excluding hydrogens is 1800 g/mol. The van der Waals surface area contributed by atoms with E-state index in [-0.39, 0.29) is 46.4 Å². The topological polar surface area (TPSA) is 347 Å². The molecule has 4 atom stereocenters. The van der Waals surface area contributed by atoms with Crippen LogP contribution < -0.4 is 43.5 Å². The average molecular weight is 1890 g/mol. The first-order valence-corrected chi connectivity index (χ1v) is 46.0. The Hall–Kier alpha value is -19.5. The van der Waals surface area contributed by atoms with Gasteiger partial charge in [-0.05, 0) is 219 Å². The Bertz CT molecular complexity index is 7760. The van der Waals surface area contributed by atoms with Crippen LogP contribution in [-0.4, -0.2) is 93.3 Å². The SMILES string of the molecule is [C-]#[N+]c1cnc(C)nc1N[C@@H](C)c1cc2cccc(-c3cc(C)ccn3)c2c(=O)n1-c1ccccc1.[C-]#[N+]c1cnc(C)nc1N[C@@H](C)c1cc2cccc(-c3cc(C)ncn3)c2c(=O)n1-c1ccccc1.[C-]#[N+]c1cnc(C)nc1N[C@@H](C)c1cc2cccc(-c3ccnc(C)n3)c2c(=O)n1-c1ccccc1.[C-]#[N+]c1cnc(C)nc1N[C@@H](C)c1cc2cccc(-c3cnnc(C)c3)c2c(=O)n1-c1ccccc1. The molecule has 0 aliphatic rings. The second kappa shape index (κ2) is 42.6. The molecule has 20 aromatic rings. The molecule has 0 fully saturated rings. The van der Waals surface area contributed by atoms with Gasteiger partial charge < -0.3 is 21.3 Å². The molecule has 0 saturated carbocycles. The summed E-state index contributed by atoms with van der Waals surface area (Å²) in [5.74, 6) is 4.61. The molecule has 12 aromatic heterocycles. The van der Waals surface area contributed by atoms with E-state index in [1.807, 2.05) is 304 Å². The molecule has 704 valence electrons. The summed E-state index contributed by atoms with van der Waals surface area (Å²) in [7, 11) is 0. The molecule has 144 heavy (non-hydrogen) atoms. The number of rotatable bonds is 20. The summed E-state index contributed by atoms with van der Waals surface area (Å²) >= 11 is 0. The zero-order valence-electron chi connectivity index (χ0n) is 80.5. The van der Waals surface area contributed by atoms with Gasteiger partial charge in [-0.1, -0.05) is 146 Å². The van der Waals surface area contributed by atoms with Crippen molar-refractivity contribution in [2.24, 2.45) is 0 Å². The Morgan fingerprint density at radius 1 is 0.285 bits per heavy atom. The number of nitrogens with zero attached hydrogens (tertiary/aromatic N) is 23. The number of pyridine rings is 5. The van der Waals surface area contributed by atoms with Crippen molar-refractivity contribution in [3.63, 3.8) is 0 Å². The molecule has 12 heterocycles. The monoisotopic (exact) mass is 1890 g/mol. The van der Waals surface area contributed by atoms with Gasteiger partial charge in [-0.2, -0.15) is 10.2 Å². The summed E-state index contributed by atoms with van der Waals surface area (Å²) in [5, 5.41) is 27.1. The van der Waals surface area contributed by atoms with Crippen molar-refractivity contribution in [2.45, 2.75) is 107 Å². The fourth-order valence-electron chi connectivity index (χ4n) is 17.3. The lowest BCUT2D eigenvalue weighted by molar-refractivity contribution is 0.772. The Labute approximate surface area is 828 Å². The minimum atomic E-state index is -0.345. The fraction of sp³-hybridized carbons (Fsp3) is 0.142. The predicted molar refractivity (Wildman–Crippen MR) is 564 cm³/mol. The average Bonchev–Trinajstić information content (AvgIpc) is 0.760. The second-order valence-electron chi connectivity index (χ2n) is 34.1. The molecule has 0 amide bonds. The van der Waals surface area contributed by atoms with Gasteiger partial charge in [0.2, 0.25) is 22.7 Å². The molecule has 0 aliphatic carbocycles. The third-order valence-corrected chi connectivity index (χ3v) is 24.0. The number of hydrogen-bond acceptors (Lipinski definition) is 23. The highest BCUT2D eigenvalue weighted by Gasteiger charge is 2.28. The Balaban J connectivity index is 0.000000132. The number of benzene rings is 8. The van der Waals surface area contributed by atoms with E-state index in [4.69, 9.17) is 26.3 Å². The van der Waals surface area contributed by atoms with Gasteiger partial charge in [-0.25, -0.2) is 59.3 Å². The van der Waals surface area contributed by atoms with Gasteiger partial charge in [0.1, 0.15) is 58.7 Å². The Morgan fingerprint density at radius 2 is 0.597 bits per heavy atom. The molecule has 4 N–H and O–H groups in total. The molecule has 31 nitrogen and oxygen atoms in total. The Kier molecular flexibility index (Phi) is 28.5. The molecular formula is C113H93N27O4. The number of aromatic nitrogens is 19. The van der Waals surface area contributed by atoms with Gasteiger partial charge in [0, 0.05) is 111 Å². The maximum absolute atomic E-state index is 14.2. The molecule has 0 radical (unpaired) electrons. The van der Waals surface area contributed by atoms with Crippen LogP contribution in [-0.2, 0) is 0 Å². The van der Waals surface area contributed by atoms with Crippen molar-refractivity contribution in [1.29, 1.82) is 0 Å². The lowest BCUT2D eigenvalue weighted by Gasteiger charge is -2.22. The number of para-hydroxylation sites is 4. The largest absolute Gasteiger partial charge is 0.371 e. The van der Waals surface area contributed by atoms with Crippen molar-refractivity contribution in [1.82, 2.24) is 93.3 Å². The molecule has 0 unspecified atom stereocenters. The van der Waals surface area contributed by atoms with E-state index in [1.165, 1.54) is 31.1 Å². The van der Waals surface area contributed by atoms with Crippen molar-refractivity contribution >= 4 is 89.1 Å². The van der Waals surface area contributed by atoms with E-state index in [2.05, 4.69) is 116 Å². The van der Waals surface area contributed by atoms with Crippen LogP contribution in [0.3, 0.4) is 0 Å². The maximum atomic E-state index is 14.2. The van der Waals surface area contributed by atoms with E-state index < -0.39 is 0 Å². The molecule has 20 rings (SSSR count). The molecule has 31 heteroatoms. The highest BCUT2D eigenvalue weighted by atomic mass is 16.1. The minimum absolute atomic E-state index is 0.134. The third kappa shape index (κ3) is 20.6. The minimum Gasteiger partial charge on any atom is -0.371 e. The Morgan fingerprint density at radius 3 is 0.917 bits per heavy atom. The smallest absolute Gasteiger partial charge is 0.263 e. The third-order valence-electron chi connectivity index (χ3n) is 24.0. The first kappa shape index (κ1) is 96.2. The lowest BCUT2D eigenvalue weighted by Crippen LogP contribution is -2.26. The van der Waals surface area contributed by atoms with Gasteiger partial charge in [0.25, 0.3) is 22.2 Å². The molecule has 0 aliphatic heterocycles. The van der Waals surface area contributed by atoms with E-state index in [0.717, 1.165) is 118 Å². The lowest BCUT2D eigenvalue weighted by atomic mass is 9.98. The molecule has 8 aromatic carbocycles. The number of aryl methyl sites for hydroxylation is 8. The van der Waals surface area contributed by atoms with Crippen molar-refractivity contribution in [3.05, 3.63) is 454 Å². The zero-order chi connectivity index (χ0) is 101. The highest BCUT2D eigenvalue weighted by molar-refractivity contribution is 6.00. The summed E-state index contributed by atoms with van der Waals surface area (Å²) in [6.07, 6.45) is 12.7. The fourth-order valence-corrected chi connectivity index (χ4v) is 17.3. The highest BCUT2D eigenvalue weighted by Crippen LogP contribution is 2.39. The number of nitrogens with one attached hydrogen (secondary N) is 4. The first-order valence-electron chi connectivity index (χ1n) is 46.0. The van der Waals surface area contributed by atoms with Crippen LogP contribution in [0.5, 0.6) is 0 Å². The van der Waals surface area contributed by atoms with Gasteiger partial charge in [-0.3, -0.25) is 62.4 Å². The number of anilines is 4. The normalized spacial score (nSPS) is 11.7. The van der Waals surface area contributed by atoms with E-state index in [1.54, 1.807) is 64.6 Å². The summed E-state index contributed by atoms with van der Waals surface area (Å²) in [6.45, 7) is 52.4. The van der Waals surface area contributed by atoms with Crippen LogP contribution in [0.25, 0.3) is 130 Å². The quantitative estimate of drug-likeness (QED) is 0.0515. The molecule has 0 bridgehead atoms. The van der Waals surface area contributed by atoms with E-state index in [0.29, 0.717) is 108 Å². The van der Waals surface area contributed by atoms with E-state index >= 15 is 0 Å². The van der Waals surface area contributed by atoms with Crippen LogP contribution in [0, 0.1) is 81.7 Å². The molecule has 0 saturated heterocycles. The first-order chi connectivity index (χ1) is 69.8. The molecule has 0 spiro atoms. The zero-order valence-corrected chi connectivity index (χ0v) is 80.5. The van der Waals surface area contributed by atoms with Crippen LogP contribution in [0.15, 0.2) is 318 Å². The predicted octanol–water partition coefficient (Wildman–Crippen LogP) is 22.9. The van der Waals surface area contributed by atoms with Crippen molar-refractivity contribution < 1.29 is 0 Å². The van der Waals surface area contributed by atoms with Gasteiger partial charge in [-0.15, -0.1) is 0 Å². The van der Waals surface area contributed by atoms with Crippen LogP contribution in [0.2, 0.25) is 0 Å². The summed E-state index contributed by atoms with van der Waals surface area (Å²) in [5.41, 5.74) is 15.4. The summed E-state index contributed by atoms with van der Waals surface area (Å²) < 4.78 is 6.87. The van der Waals surface area contributed by atoms with Crippen molar-refractivity contribution in [2.75, 3.05) is 21.3 Å². The number of hydrogen-bond donors (Lipinski definition) is 4. The van der Waals surface area contributed by atoms with Crippen LogP contribution in [0.1, 0.15) is 121 Å². The van der Waals surface area contributed by atoms with Crippen molar-refractivity contribution in [3.8, 4) is 67.6 Å².